The van der Waals surface area contributed by atoms with E-state index in [-0.39, 0.29) is 18.6 Å². The number of benzene rings is 3. The second kappa shape index (κ2) is 9.52. The molecule has 1 aliphatic heterocycles. The summed E-state index contributed by atoms with van der Waals surface area (Å²) in [5, 5.41) is 12.5. The molecule has 1 unspecified atom stereocenters. The average Bonchev–Trinajstić information content (AvgIpc) is 3.45. The fraction of sp³-hybridized carbons (Fsp3) is 0.200. The highest BCUT2D eigenvalue weighted by Crippen LogP contribution is 2.38. The van der Waals surface area contributed by atoms with Crippen molar-refractivity contribution in [3.05, 3.63) is 89.2 Å². The van der Waals surface area contributed by atoms with Crippen LogP contribution in [0.2, 0.25) is 5.02 Å². The first-order chi connectivity index (χ1) is 16.5. The number of hydrogen-bond acceptors (Lipinski definition) is 6. The Labute approximate surface area is 201 Å². The Morgan fingerprint density at radius 2 is 1.74 bits per heavy atom. The fourth-order valence-corrected chi connectivity index (χ4v) is 4.10. The third kappa shape index (κ3) is 4.87. The average molecular weight is 476 g/mol. The maximum atomic E-state index is 12.8. The van der Waals surface area contributed by atoms with Gasteiger partial charge in [-0.15, -0.1) is 10.2 Å². The Morgan fingerprint density at radius 1 is 1.00 bits per heavy atom. The topological polar surface area (TPSA) is 82.4 Å². The molecule has 8 nitrogen and oxygen atoms in total. The summed E-state index contributed by atoms with van der Waals surface area (Å²) >= 11 is 5.93. The predicted octanol–water partition coefficient (Wildman–Crippen LogP) is 5.10. The van der Waals surface area contributed by atoms with Gasteiger partial charge in [0.15, 0.2) is 6.61 Å². The molecule has 1 aromatic heterocycles. The number of amides is 1. The van der Waals surface area contributed by atoms with Gasteiger partial charge in [-0.2, -0.15) is 4.80 Å². The summed E-state index contributed by atoms with van der Waals surface area (Å²) in [6.07, 6.45) is 1.22. The van der Waals surface area contributed by atoms with Gasteiger partial charge in [-0.25, -0.2) is 0 Å². The van der Waals surface area contributed by atoms with Crippen LogP contribution in [0.3, 0.4) is 0 Å². The molecule has 3 aromatic carbocycles. The number of aryl methyl sites for hydroxylation is 1. The first-order valence-corrected chi connectivity index (χ1v) is 11.2. The Balaban J connectivity index is 1.31. The quantitative estimate of drug-likeness (QED) is 0.369. The molecule has 0 radical (unpaired) electrons. The number of tetrazole rings is 1. The summed E-state index contributed by atoms with van der Waals surface area (Å²) in [5.74, 6) is 2.66. The minimum Gasteiger partial charge on any atom is -0.485 e. The van der Waals surface area contributed by atoms with E-state index >= 15 is 0 Å². The van der Waals surface area contributed by atoms with Crippen LogP contribution in [0.25, 0.3) is 0 Å². The molecule has 0 aliphatic carbocycles. The highest BCUT2D eigenvalue weighted by molar-refractivity contribution is 6.30. The molecule has 172 valence electrons. The van der Waals surface area contributed by atoms with Crippen molar-refractivity contribution in [3.63, 3.8) is 0 Å². The summed E-state index contributed by atoms with van der Waals surface area (Å²) in [7, 11) is 1.71. The Hall–Kier alpha value is -3.91. The largest absolute Gasteiger partial charge is 0.485 e. The van der Waals surface area contributed by atoms with Crippen molar-refractivity contribution in [3.8, 4) is 17.2 Å². The number of halogens is 1. The molecule has 5 rings (SSSR count). The normalized spacial score (nSPS) is 15.5. The number of hydrogen-bond donors (Lipinski definition) is 0. The molecule has 4 aromatic rings. The van der Waals surface area contributed by atoms with Gasteiger partial charge in [0.2, 0.25) is 11.7 Å². The lowest BCUT2D eigenvalue weighted by Gasteiger charge is -2.26. The lowest BCUT2D eigenvalue weighted by Crippen LogP contribution is -2.27. The second-order valence-electron chi connectivity index (χ2n) is 7.92. The number of nitrogens with zero attached hydrogens (tertiary/aromatic N) is 5. The van der Waals surface area contributed by atoms with E-state index in [1.54, 1.807) is 19.2 Å². The van der Waals surface area contributed by atoms with Crippen LogP contribution in [-0.4, -0.2) is 26.1 Å². The van der Waals surface area contributed by atoms with Crippen LogP contribution in [0.1, 0.15) is 30.3 Å². The van der Waals surface area contributed by atoms with Crippen LogP contribution >= 0.6 is 11.6 Å². The Bertz CT molecular complexity index is 1290. The highest BCUT2D eigenvalue weighted by atomic mass is 35.5. The number of anilines is 1. The smallest absolute Gasteiger partial charge is 0.227 e. The van der Waals surface area contributed by atoms with Crippen molar-refractivity contribution < 1.29 is 14.3 Å². The molecule has 1 fully saturated rings. The highest BCUT2D eigenvalue weighted by Gasteiger charge is 2.33. The minimum atomic E-state index is -0.0753. The molecular weight excluding hydrogens is 454 g/mol. The Kier molecular flexibility index (Phi) is 6.14. The van der Waals surface area contributed by atoms with E-state index in [1.807, 2.05) is 65.6 Å². The molecule has 2 heterocycles. The van der Waals surface area contributed by atoms with Gasteiger partial charge < -0.3 is 14.4 Å². The molecule has 0 saturated carbocycles. The van der Waals surface area contributed by atoms with Gasteiger partial charge in [0, 0.05) is 17.1 Å². The summed E-state index contributed by atoms with van der Waals surface area (Å²) in [6, 6.07) is 22.4. The van der Waals surface area contributed by atoms with E-state index in [0.29, 0.717) is 34.5 Å². The van der Waals surface area contributed by atoms with E-state index < -0.39 is 0 Å². The zero-order valence-electron chi connectivity index (χ0n) is 18.5. The molecule has 1 atom stereocenters. The zero-order valence-corrected chi connectivity index (χ0v) is 19.2. The lowest BCUT2D eigenvalue weighted by molar-refractivity contribution is -0.117. The van der Waals surface area contributed by atoms with Gasteiger partial charge in [0.25, 0.3) is 0 Å². The standard InChI is InChI=1S/C25H22ClN5O3/c1-30-28-24(27-29-30)16-33-22-4-2-3-17(15-22)23-13-14-25(32)31(23)19-7-11-21(12-8-19)34-20-9-5-18(26)6-10-20/h2-12,15,23H,13-14,16H2,1H3. The molecular formula is C25H22ClN5O3. The van der Waals surface area contributed by atoms with E-state index in [4.69, 9.17) is 21.1 Å². The number of aromatic nitrogens is 4. The van der Waals surface area contributed by atoms with Gasteiger partial charge in [-0.1, -0.05) is 23.7 Å². The van der Waals surface area contributed by atoms with Crippen LogP contribution in [0.4, 0.5) is 5.69 Å². The van der Waals surface area contributed by atoms with Crippen LogP contribution in [0.5, 0.6) is 17.2 Å². The van der Waals surface area contributed by atoms with Gasteiger partial charge >= 0.3 is 0 Å². The first kappa shape index (κ1) is 21.9. The van der Waals surface area contributed by atoms with Crippen LogP contribution in [0, 0.1) is 0 Å². The van der Waals surface area contributed by atoms with Crippen molar-refractivity contribution in [2.24, 2.45) is 7.05 Å². The number of ether oxygens (including phenoxy) is 2. The third-order valence-electron chi connectivity index (χ3n) is 5.54. The molecule has 0 bridgehead atoms. The molecule has 1 saturated heterocycles. The van der Waals surface area contributed by atoms with Gasteiger partial charge in [0.1, 0.15) is 17.2 Å². The number of carbonyl (C=O) groups is 1. The van der Waals surface area contributed by atoms with E-state index in [0.717, 1.165) is 17.7 Å². The molecule has 1 amide bonds. The summed E-state index contributed by atoms with van der Waals surface area (Å²) < 4.78 is 11.7. The summed E-state index contributed by atoms with van der Waals surface area (Å²) in [4.78, 5) is 16.0. The maximum Gasteiger partial charge on any atom is 0.227 e. The molecule has 9 heteroatoms. The van der Waals surface area contributed by atoms with Gasteiger partial charge in [-0.05, 0) is 77.9 Å². The third-order valence-corrected chi connectivity index (χ3v) is 5.79. The van der Waals surface area contributed by atoms with Crippen LogP contribution in [-0.2, 0) is 18.4 Å². The van der Waals surface area contributed by atoms with E-state index in [9.17, 15) is 4.79 Å². The zero-order chi connectivity index (χ0) is 23.5. The van der Waals surface area contributed by atoms with Gasteiger partial charge in [0.05, 0.1) is 13.1 Å². The van der Waals surface area contributed by atoms with E-state index in [1.165, 1.54) is 4.80 Å². The van der Waals surface area contributed by atoms with Crippen LogP contribution in [0.15, 0.2) is 72.8 Å². The van der Waals surface area contributed by atoms with Crippen LogP contribution < -0.4 is 14.4 Å². The number of carbonyl (C=O) groups excluding carboxylic acids is 1. The minimum absolute atomic E-state index is 0.0753. The van der Waals surface area contributed by atoms with Crippen molar-refractivity contribution in [1.29, 1.82) is 0 Å². The second-order valence-corrected chi connectivity index (χ2v) is 8.36. The van der Waals surface area contributed by atoms with E-state index in [2.05, 4.69) is 15.4 Å². The molecule has 0 spiro atoms. The molecule has 0 N–H and O–H groups in total. The molecule has 1 aliphatic rings. The van der Waals surface area contributed by atoms with Crippen molar-refractivity contribution >= 4 is 23.2 Å². The number of rotatable bonds is 7. The fourth-order valence-electron chi connectivity index (χ4n) is 3.98. The van der Waals surface area contributed by atoms with Crippen molar-refractivity contribution in [2.75, 3.05) is 4.90 Å². The maximum absolute atomic E-state index is 12.8. The van der Waals surface area contributed by atoms with Crippen molar-refractivity contribution in [1.82, 2.24) is 20.2 Å². The summed E-state index contributed by atoms with van der Waals surface area (Å²) in [6.45, 7) is 0.222. The lowest BCUT2D eigenvalue weighted by atomic mass is 10.0. The monoisotopic (exact) mass is 475 g/mol. The predicted molar refractivity (Wildman–Crippen MR) is 127 cm³/mol. The summed E-state index contributed by atoms with van der Waals surface area (Å²) in [5.41, 5.74) is 1.84. The van der Waals surface area contributed by atoms with Gasteiger partial charge in [-0.3, -0.25) is 4.79 Å². The SMILES string of the molecule is Cn1nnc(COc2cccc(C3CCC(=O)N3c3ccc(Oc4ccc(Cl)cc4)cc3)c2)n1. The first-order valence-electron chi connectivity index (χ1n) is 10.9. The van der Waals surface area contributed by atoms with Crippen molar-refractivity contribution in [2.45, 2.75) is 25.5 Å². The Morgan fingerprint density at radius 3 is 2.44 bits per heavy atom. The molecule has 34 heavy (non-hydrogen) atoms.